The summed E-state index contributed by atoms with van der Waals surface area (Å²) in [5.41, 5.74) is 7.86. The Morgan fingerprint density at radius 1 is 1.40 bits per heavy atom. The van der Waals surface area contributed by atoms with Crippen LogP contribution >= 0.6 is 0 Å². The van der Waals surface area contributed by atoms with Crippen molar-refractivity contribution in [1.82, 2.24) is 9.97 Å². The number of H-pyrrole nitrogens is 1. The first kappa shape index (κ1) is 14.2. The van der Waals surface area contributed by atoms with Crippen LogP contribution in [0.25, 0.3) is 11.3 Å². The predicted octanol–water partition coefficient (Wildman–Crippen LogP) is 3.03. The number of hydrogen-bond donors (Lipinski definition) is 2. The summed E-state index contributed by atoms with van der Waals surface area (Å²) >= 11 is 0. The van der Waals surface area contributed by atoms with Gasteiger partial charge in [-0.05, 0) is 18.1 Å². The Hall–Kier alpha value is -2.21. The minimum atomic E-state index is -0.416. The molecule has 2 rings (SSSR count). The first-order valence-corrected chi connectivity index (χ1v) is 6.58. The van der Waals surface area contributed by atoms with Crippen molar-refractivity contribution in [2.75, 3.05) is 0 Å². The maximum Gasteiger partial charge on any atom is 0.269 e. The molecule has 0 spiro atoms. The standard InChI is InChI=1S/C14H18N4O2/c1-3-9(2)13(15)14-16-8-12(17-14)10-4-6-11(7-5-10)18(19)20/h4-9,13H,3,15H2,1-2H3,(H,16,17). The van der Waals surface area contributed by atoms with Gasteiger partial charge < -0.3 is 10.7 Å². The highest BCUT2D eigenvalue weighted by Gasteiger charge is 2.17. The number of benzene rings is 1. The normalized spacial score (nSPS) is 13.9. The number of nitro benzene ring substituents is 1. The van der Waals surface area contributed by atoms with E-state index in [1.165, 1.54) is 12.1 Å². The molecule has 2 atom stereocenters. The average Bonchev–Trinajstić information content (AvgIpc) is 2.95. The Balaban J connectivity index is 2.22. The number of aromatic nitrogens is 2. The van der Waals surface area contributed by atoms with E-state index in [2.05, 4.69) is 23.8 Å². The molecule has 1 aromatic heterocycles. The van der Waals surface area contributed by atoms with E-state index < -0.39 is 4.92 Å². The van der Waals surface area contributed by atoms with Crippen LogP contribution in [0.2, 0.25) is 0 Å². The SMILES string of the molecule is CCC(C)C(N)c1ncc(-c2ccc([N+](=O)[O-])cc2)[nH]1. The van der Waals surface area contributed by atoms with Crippen molar-refractivity contribution in [1.29, 1.82) is 0 Å². The molecule has 0 saturated carbocycles. The quantitative estimate of drug-likeness (QED) is 0.646. The lowest BCUT2D eigenvalue weighted by atomic mass is 10.00. The van der Waals surface area contributed by atoms with Gasteiger partial charge in [0.05, 0.1) is 22.9 Å². The molecule has 0 bridgehead atoms. The van der Waals surface area contributed by atoms with E-state index in [1.807, 2.05) is 0 Å². The number of non-ortho nitro benzene ring substituents is 1. The van der Waals surface area contributed by atoms with Gasteiger partial charge in [0.2, 0.25) is 0 Å². The zero-order chi connectivity index (χ0) is 14.7. The number of imidazole rings is 1. The van der Waals surface area contributed by atoms with Crippen molar-refractivity contribution < 1.29 is 4.92 Å². The van der Waals surface area contributed by atoms with Gasteiger partial charge in [-0.25, -0.2) is 4.98 Å². The summed E-state index contributed by atoms with van der Waals surface area (Å²) in [4.78, 5) is 17.7. The topological polar surface area (TPSA) is 97.8 Å². The number of nitrogens with one attached hydrogen (secondary N) is 1. The minimum absolute atomic E-state index is 0.0739. The maximum absolute atomic E-state index is 10.6. The molecule has 0 aliphatic rings. The Kier molecular flexibility index (Phi) is 4.14. The van der Waals surface area contributed by atoms with Gasteiger partial charge in [0, 0.05) is 17.7 Å². The lowest BCUT2D eigenvalue weighted by molar-refractivity contribution is -0.384. The summed E-state index contributed by atoms with van der Waals surface area (Å²) in [7, 11) is 0. The third kappa shape index (κ3) is 2.85. The van der Waals surface area contributed by atoms with Crippen molar-refractivity contribution in [3.8, 4) is 11.3 Å². The highest BCUT2D eigenvalue weighted by atomic mass is 16.6. The third-order valence-electron chi connectivity index (χ3n) is 3.56. The molecule has 0 aliphatic heterocycles. The Labute approximate surface area is 117 Å². The average molecular weight is 274 g/mol. The van der Waals surface area contributed by atoms with E-state index in [1.54, 1.807) is 18.3 Å². The van der Waals surface area contributed by atoms with E-state index in [0.717, 1.165) is 23.5 Å². The van der Waals surface area contributed by atoms with E-state index in [4.69, 9.17) is 5.73 Å². The smallest absolute Gasteiger partial charge is 0.269 e. The first-order valence-electron chi connectivity index (χ1n) is 6.58. The van der Waals surface area contributed by atoms with E-state index in [0.29, 0.717) is 5.92 Å². The Morgan fingerprint density at radius 3 is 2.60 bits per heavy atom. The maximum atomic E-state index is 10.6. The van der Waals surface area contributed by atoms with Gasteiger partial charge in [-0.3, -0.25) is 10.1 Å². The monoisotopic (exact) mass is 274 g/mol. The lowest BCUT2D eigenvalue weighted by Gasteiger charge is -2.15. The van der Waals surface area contributed by atoms with Crippen molar-refractivity contribution in [3.63, 3.8) is 0 Å². The fourth-order valence-corrected chi connectivity index (χ4v) is 1.94. The van der Waals surface area contributed by atoms with Crippen LogP contribution in [-0.2, 0) is 0 Å². The van der Waals surface area contributed by atoms with Crippen LogP contribution in [0.1, 0.15) is 32.1 Å². The molecular weight excluding hydrogens is 256 g/mol. The van der Waals surface area contributed by atoms with Crippen molar-refractivity contribution in [2.45, 2.75) is 26.3 Å². The van der Waals surface area contributed by atoms with Gasteiger partial charge in [0.15, 0.2) is 0 Å². The van der Waals surface area contributed by atoms with Crippen LogP contribution in [0.5, 0.6) is 0 Å². The summed E-state index contributed by atoms with van der Waals surface area (Å²) in [6.45, 7) is 4.17. The molecule has 1 aromatic carbocycles. The molecule has 6 nitrogen and oxygen atoms in total. The van der Waals surface area contributed by atoms with Gasteiger partial charge in [-0.2, -0.15) is 0 Å². The fourth-order valence-electron chi connectivity index (χ4n) is 1.94. The summed E-state index contributed by atoms with van der Waals surface area (Å²) < 4.78 is 0. The van der Waals surface area contributed by atoms with Crippen LogP contribution in [-0.4, -0.2) is 14.9 Å². The number of nitro groups is 1. The van der Waals surface area contributed by atoms with Gasteiger partial charge >= 0.3 is 0 Å². The van der Waals surface area contributed by atoms with Gasteiger partial charge in [0.25, 0.3) is 5.69 Å². The molecule has 0 amide bonds. The molecule has 2 aromatic rings. The van der Waals surface area contributed by atoms with Crippen LogP contribution < -0.4 is 5.73 Å². The number of nitrogens with zero attached hydrogens (tertiary/aromatic N) is 2. The zero-order valence-corrected chi connectivity index (χ0v) is 11.5. The second-order valence-electron chi connectivity index (χ2n) is 4.90. The molecule has 2 unspecified atom stereocenters. The van der Waals surface area contributed by atoms with Crippen LogP contribution in [0.4, 0.5) is 5.69 Å². The molecule has 0 saturated heterocycles. The molecule has 106 valence electrons. The Bertz CT molecular complexity index is 591. The second kappa shape index (κ2) is 5.83. The number of hydrogen-bond acceptors (Lipinski definition) is 4. The number of rotatable bonds is 5. The van der Waals surface area contributed by atoms with Gasteiger partial charge in [-0.1, -0.05) is 20.3 Å². The minimum Gasteiger partial charge on any atom is -0.341 e. The summed E-state index contributed by atoms with van der Waals surface area (Å²) in [5, 5.41) is 10.6. The zero-order valence-electron chi connectivity index (χ0n) is 11.5. The summed E-state index contributed by atoms with van der Waals surface area (Å²) in [6, 6.07) is 6.22. The molecule has 0 radical (unpaired) electrons. The van der Waals surface area contributed by atoms with Crippen molar-refractivity contribution >= 4 is 5.69 Å². The molecule has 0 fully saturated rings. The molecule has 3 N–H and O–H groups in total. The number of nitrogens with two attached hydrogens (primary N) is 1. The van der Waals surface area contributed by atoms with Crippen LogP contribution in [0.15, 0.2) is 30.5 Å². The largest absolute Gasteiger partial charge is 0.341 e. The molecule has 0 aliphatic carbocycles. The molecule has 6 heteroatoms. The van der Waals surface area contributed by atoms with E-state index in [9.17, 15) is 10.1 Å². The van der Waals surface area contributed by atoms with Gasteiger partial charge in [0.1, 0.15) is 5.82 Å². The van der Waals surface area contributed by atoms with E-state index >= 15 is 0 Å². The molecule has 1 heterocycles. The highest BCUT2D eigenvalue weighted by molar-refractivity contribution is 5.60. The predicted molar refractivity (Wildman–Crippen MR) is 77.1 cm³/mol. The molecule has 20 heavy (non-hydrogen) atoms. The van der Waals surface area contributed by atoms with Crippen molar-refractivity contribution in [2.24, 2.45) is 11.7 Å². The van der Waals surface area contributed by atoms with Crippen LogP contribution in [0, 0.1) is 16.0 Å². The highest BCUT2D eigenvalue weighted by Crippen LogP contribution is 2.24. The van der Waals surface area contributed by atoms with Gasteiger partial charge in [-0.15, -0.1) is 0 Å². The number of aromatic amines is 1. The summed E-state index contributed by atoms with van der Waals surface area (Å²) in [6.07, 6.45) is 2.69. The summed E-state index contributed by atoms with van der Waals surface area (Å²) in [5.74, 6) is 1.08. The second-order valence-corrected chi connectivity index (χ2v) is 4.90. The van der Waals surface area contributed by atoms with Crippen molar-refractivity contribution in [3.05, 3.63) is 46.4 Å². The Morgan fingerprint density at radius 2 is 2.05 bits per heavy atom. The van der Waals surface area contributed by atoms with E-state index in [-0.39, 0.29) is 11.7 Å². The van der Waals surface area contributed by atoms with Crippen LogP contribution in [0.3, 0.4) is 0 Å². The molecular formula is C14H18N4O2. The fraction of sp³-hybridized carbons (Fsp3) is 0.357. The first-order chi connectivity index (χ1) is 9.52. The third-order valence-corrected chi connectivity index (χ3v) is 3.56. The lowest BCUT2D eigenvalue weighted by Crippen LogP contribution is -2.19.